The van der Waals surface area contributed by atoms with Crippen molar-refractivity contribution in [3.63, 3.8) is 0 Å². The van der Waals surface area contributed by atoms with Crippen LogP contribution < -0.4 is 0 Å². The van der Waals surface area contributed by atoms with Crippen molar-refractivity contribution < 1.29 is 4.79 Å². The fraction of sp³-hybridized carbons (Fsp3) is 0.600. The van der Waals surface area contributed by atoms with Crippen LogP contribution >= 0.6 is 11.8 Å². The van der Waals surface area contributed by atoms with Crippen LogP contribution in [0.5, 0.6) is 0 Å². The van der Waals surface area contributed by atoms with Crippen LogP contribution in [0.3, 0.4) is 0 Å². The van der Waals surface area contributed by atoms with Crippen LogP contribution in [-0.2, 0) is 4.79 Å². The minimum absolute atomic E-state index is 0.0150. The maximum absolute atomic E-state index is 10.5. The molecule has 1 saturated heterocycles. The number of Topliss-reactive ketones (excluding diaryl/α,β-unsaturated/α-hetero) is 1. The molecule has 1 fully saturated rings. The summed E-state index contributed by atoms with van der Waals surface area (Å²) < 4.78 is 0. The molecule has 0 unspecified atom stereocenters. The van der Waals surface area contributed by atoms with E-state index in [0.717, 1.165) is 12.2 Å². The molecule has 1 aliphatic rings. The number of rotatable bonds is 0. The van der Waals surface area contributed by atoms with Gasteiger partial charge < -0.3 is 0 Å². The Balaban J connectivity index is 2.52. The lowest BCUT2D eigenvalue weighted by molar-refractivity contribution is -0.112. The SMILES string of the molecule is N=C1SCCCC1=O. The van der Waals surface area contributed by atoms with E-state index in [2.05, 4.69) is 0 Å². The molecule has 44 valence electrons. The van der Waals surface area contributed by atoms with E-state index in [1.807, 2.05) is 0 Å². The largest absolute Gasteiger partial charge is 0.292 e. The quantitative estimate of drug-likeness (QED) is 0.531. The number of ketones is 1. The van der Waals surface area contributed by atoms with Gasteiger partial charge in [-0.15, -0.1) is 11.8 Å². The summed E-state index contributed by atoms with van der Waals surface area (Å²) >= 11 is 1.36. The molecule has 0 atom stereocenters. The van der Waals surface area contributed by atoms with Crippen molar-refractivity contribution in [2.24, 2.45) is 0 Å². The van der Waals surface area contributed by atoms with Gasteiger partial charge in [0.2, 0.25) is 0 Å². The Morgan fingerprint density at radius 2 is 2.38 bits per heavy atom. The molecule has 0 spiro atoms. The highest BCUT2D eigenvalue weighted by atomic mass is 32.2. The Morgan fingerprint density at radius 3 is 2.75 bits per heavy atom. The molecule has 1 aliphatic heterocycles. The Hall–Kier alpha value is -0.310. The first-order valence-corrected chi connectivity index (χ1v) is 3.54. The third-order valence-corrected chi connectivity index (χ3v) is 2.06. The molecule has 0 aromatic rings. The van der Waals surface area contributed by atoms with Crippen molar-refractivity contribution in [1.82, 2.24) is 0 Å². The van der Waals surface area contributed by atoms with Crippen LogP contribution in [0.4, 0.5) is 0 Å². The molecule has 1 rings (SSSR count). The molecule has 0 radical (unpaired) electrons. The average Bonchev–Trinajstić information content (AvgIpc) is 1.77. The van der Waals surface area contributed by atoms with Gasteiger partial charge in [-0.1, -0.05) is 0 Å². The molecule has 0 aliphatic carbocycles. The smallest absolute Gasteiger partial charge is 0.186 e. The molecule has 0 amide bonds. The number of carbonyl (C=O) groups is 1. The second-order valence-corrected chi connectivity index (χ2v) is 2.81. The van der Waals surface area contributed by atoms with E-state index >= 15 is 0 Å². The van der Waals surface area contributed by atoms with E-state index in [1.54, 1.807) is 0 Å². The molecule has 2 nitrogen and oxygen atoms in total. The standard InChI is InChI=1S/C5H7NOS/c6-5-4(7)2-1-3-8-5/h6H,1-3H2. The van der Waals surface area contributed by atoms with E-state index in [0.29, 0.717) is 6.42 Å². The first-order valence-electron chi connectivity index (χ1n) is 2.55. The second kappa shape index (κ2) is 2.31. The second-order valence-electron chi connectivity index (χ2n) is 1.70. The van der Waals surface area contributed by atoms with Crippen molar-refractivity contribution >= 4 is 22.6 Å². The van der Waals surface area contributed by atoms with Gasteiger partial charge in [0, 0.05) is 12.2 Å². The van der Waals surface area contributed by atoms with Crippen LogP contribution in [0.1, 0.15) is 12.8 Å². The summed E-state index contributed by atoms with van der Waals surface area (Å²) in [5, 5.41) is 7.25. The molecular weight excluding hydrogens is 122 g/mol. The number of hydrogen-bond acceptors (Lipinski definition) is 3. The van der Waals surface area contributed by atoms with Crippen LogP contribution in [-0.4, -0.2) is 16.6 Å². The van der Waals surface area contributed by atoms with Gasteiger partial charge in [0.1, 0.15) is 5.04 Å². The third-order valence-electron chi connectivity index (χ3n) is 1.05. The maximum Gasteiger partial charge on any atom is 0.186 e. The topological polar surface area (TPSA) is 40.9 Å². The lowest BCUT2D eigenvalue weighted by atomic mass is 10.2. The zero-order valence-electron chi connectivity index (χ0n) is 4.44. The highest BCUT2D eigenvalue weighted by Gasteiger charge is 2.14. The zero-order valence-corrected chi connectivity index (χ0v) is 5.25. The van der Waals surface area contributed by atoms with Crippen LogP contribution in [0, 0.1) is 5.41 Å². The van der Waals surface area contributed by atoms with Crippen molar-refractivity contribution in [3.8, 4) is 0 Å². The minimum atomic E-state index is 0.0150. The van der Waals surface area contributed by atoms with Crippen molar-refractivity contribution in [1.29, 1.82) is 5.41 Å². The fourth-order valence-corrected chi connectivity index (χ4v) is 1.36. The van der Waals surface area contributed by atoms with Gasteiger partial charge in [0.15, 0.2) is 5.78 Å². The van der Waals surface area contributed by atoms with Gasteiger partial charge >= 0.3 is 0 Å². The molecule has 0 bridgehead atoms. The normalized spacial score (nSPS) is 21.5. The summed E-state index contributed by atoms with van der Waals surface area (Å²) in [6, 6.07) is 0. The van der Waals surface area contributed by atoms with Gasteiger partial charge in [0.25, 0.3) is 0 Å². The van der Waals surface area contributed by atoms with Crippen LogP contribution in [0.15, 0.2) is 0 Å². The summed E-state index contributed by atoms with van der Waals surface area (Å²) in [5.41, 5.74) is 0. The highest BCUT2D eigenvalue weighted by Crippen LogP contribution is 2.14. The summed E-state index contributed by atoms with van der Waals surface area (Å²) in [6.45, 7) is 0. The Bertz CT molecular complexity index is 116. The zero-order chi connectivity index (χ0) is 5.98. The third kappa shape index (κ3) is 1.10. The summed E-state index contributed by atoms with van der Waals surface area (Å²) in [4.78, 5) is 10.5. The monoisotopic (exact) mass is 129 g/mol. The van der Waals surface area contributed by atoms with E-state index in [1.165, 1.54) is 11.8 Å². The number of nitrogens with one attached hydrogen (secondary N) is 1. The number of thioether (sulfide) groups is 1. The van der Waals surface area contributed by atoms with Gasteiger partial charge in [-0.05, 0) is 6.42 Å². The molecule has 8 heavy (non-hydrogen) atoms. The summed E-state index contributed by atoms with van der Waals surface area (Å²) in [7, 11) is 0. The predicted octanol–water partition coefficient (Wildman–Crippen LogP) is 1.06. The van der Waals surface area contributed by atoms with Gasteiger partial charge in [-0.2, -0.15) is 0 Å². The molecule has 1 heterocycles. The fourth-order valence-electron chi connectivity index (χ4n) is 0.601. The highest BCUT2D eigenvalue weighted by molar-refractivity contribution is 8.15. The molecule has 3 heteroatoms. The maximum atomic E-state index is 10.5. The minimum Gasteiger partial charge on any atom is -0.292 e. The molecule has 0 aromatic carbocycles. The Kier molecular flexibility index (Phi) is 1.68. The lowest BCUT2D eigenvalue weighted by Gasteiger charge is -2.06. The molecule has 0 saturated carbocycles. The van der Waals surface area contributed by atoms with E-state index < -0.39 is 0 Å². The molecule has 0 aromatic heterocycles. The van der Waals surface area contributed by atoms with E-state index in [4.69, 9.17) is 5.41 Å². The first kappa shape index (κ1) is 5.82. The van der Waals surface area contributed by atoms with Crippen molar-refractivity contribution in [2.45, 2.75) is 12.8 Å². The summed E-state index contributed by atoms with van der Waals surface area (Å²) in [6.07, 6.45) is 1.54. The lowest BCUT2D eigenvalue weighted by Crippen LogP contribution is -2.14. The Labute approximate surface area is 52.2 Å². The van der Waals surface area contributed by atoms with Crippen molar-refractivity contribution in [2.75, 3.05) is 5.75 Å². The van der Waals surface area contributed by atoms with Gasteiger partial charge in [-0.25, -0.2) is 0 Å². The van der Waals surface area contributed by atoms with E-state index in [-0.39, 0.29) is 10.8 Å². The van der Waals surface area contributed by atoms with Gasteiger partial charge in [-0.3, -0.25) is 10.2 Å². The number of carbonyl (C=O) groups excluding carboxylic acids is 1. The van der Waals surface area contributed by atoms with Crippen LogP contribution in [0.2, 0.25) is 0 Å². The van der Waals surface area contributed by atoms with Crippen molar-refractivity contribution in [3.05, 3.63) is 0 Å². The first-order chi connectivity index (χ1) is 3.80. The predicted molar refractivity (Wildman–Crippen MR) is 34.4 cm³/mol. The average molecular weight is 129 g/mol. The van der Waals surface area contributed by atoms with E-state index in [9.17, 15) is 4.79 Å². The number of hydrogen-bond donors (Lipinski definition) is 1. The summed E-state index contributed by atoms with van der Waals surface area (Å²) in [5.74, 6) is 0.964. The van der Waals surface area contributed by atoms with Gasteiger partial charge in [0.05, 0.1) is 0 Å². The Morgan fingerprint density at radius 1 is 1.62 bits per heavy atom. The molecule has 1 N–H and O–H groups in total. The van der Waals surface area contributed by atoms with Crippen LogP contribution in [0.25, 0.3) is 0 Å². The molecular formula is C5H7NOS.